The standard InChI is InChI=1S/C15H24O2/c1-12(2)8-6-9-13(3)10-7-11-14(4)15(16)17-5/h8,10H,4,6-7,9,11H2,1-3,5H3/b13-10-. The molecule has 17 heavy (non-hydrogen) atoms. The summed E-state index contributed by atoms with van der Waals surface area (Å²) in [6.07, 6.45) is 8.11. The van der Waals surface area contributed by atoms with Crippen LogP contribution in [0, 0.1) is 0 Å². The summed E-state index contributed by atoms with van der Waals surface area (Å²) in [6.45, 7) is 10.0. The molecule has 0 aromatic carbocycles. The number of carbonyl (C=O) groups excluding carboxylic acids is 1. The number of methoxy groups -OCH3 is 1. The summed E-state index contributed by atoms with van der Waals surface area (Å²) >= 11 is 0. The summed E-state index contributed by atoms with van der Waals surface area (Å²) in [5.41, 5.74) is 3.26. The Morgan fingerprint density at radius 2 is 1.71 bits per heavy atom. The third-order valence-corrected chi connectivity index (χ3v) is 2.50. The zero-order valence-corrected chi connectivity index (χ0v) is 11.5. The van der Waals surface area contributed by atoms with Gasteiger partial charge in [0.2, 0.25) is 0 Å². The van der Waals surface area contributed by atoms with E-state index in [1.165, 1.54) is 18.3 Å². The molecule has 0 aromatic heterocycles. The van der Waals surface area contributed by atoms with E-state index in [-0.39, 0.29) is 5.97 Å². The van der Waals surface area contributed by atoms with E-state index in [1.807, 2.05) is 0 Å². The van der Waals surface area contributed by atoms with Crippen LogP contribution in [0.25, 0.3) is 0 Å². The van der Waals surface area contributed by atoms with E-state index in [2.05, 4.69) is 44.2 Å². The van der Waals surface area contributed by atoms with E-state index in [0.717, 1.165) is 19.3 Å². The van der Waals surface area contributed by atoms with Crippen LogP contribution in [0.3, 0.4) is 0 Å². The van der Waals surface area contributed by atoms with Crippen molar-refractivity contribution in [2.24, 2.45) is 0 Å². The second kappa shape index (κ2) is 8.80. The highest BCUT2D eigenvalue weighted by Gasteiger charge is 2.04. The number of hydrogen-bond acceptors (Lipinski definition) is 2. The highest BCUT2D eigenvalue weighted by atomic mass is 16.5. The molecule has 2 heteroatoms. The minimum atomic E-state index is -0.305. The second-order valence-corrected chi connectivity index (χ2v) is 4.50. The molecule has 0 fully saturated rings. The second-order valence-electron chi connectivity index (χ2n) is 4.50. The molecule has 0 saturated carbocycles. The summed E-state index contributed by atoms with van der Waals surface area (Å²) < 4.78 is 4.59. The van der Waals surface area contributed by atoms with Gasteiger partial charge in [0.05, 0.1) is 7.11 Å². The third-order valence-electron chi connectivity index (χ3n) is 2.50. The van der Waals surface area contributed by atoms with E-state index in [0.29, 0.717) is 12.0 Å². The minimum Gasteiger partial charge on any atom is -0.466 e. The fourth-order valence-corrected chi connectivity index (χ4v) is 1.43. The maximum absolute atomic E-state index is 11.1. The van der Waals surface area contributed by atoms with Gasteiger partial charge < -0.3 is 4.74 Å². The van der Waals surface area contributed by atoms with Crippen LogP contribution in [0.4, 0.5) is 0 Å². The normalized spacial score (nSPS) is 10.9. The topological polar surface area (TPSA) is 26.3 Å². The van der Waals surface area contributed by atoms with Gasteiger partial charge in [-0.2, -0.15) is 0 Å². The first-order valence-corrected chi connectivity index (χ1v) is 6.02. The van der Waals surface area contributed by atoms with Crippen LogP contribution in [0.5, 0.6) is 0 Å². The Kier molecular flexibility index (Phi) is 8.12. The van der Waals surface area contributed by atoms with Gasteiger partial charge >= 0.3 is 5.97 Å². The molecule has 96 valence electrons. The van der Waals surface area contributed by atoms with Crippen molar-refractivity contribution >= 4 is 5.97 Å². The van der Waals surface area contributed by atoms with Gasteiger partial charge in [0.1, 0.15) is 0 Å². The van der Waals surface area contributed by atoms with Gasteiger partial charge in [-0.3, -0.25) is 0 Å². The van der Waals surface area contributed by atoms with Crippen molar-refractivity contribution in [3.05, 3.63) is 35.5 Å². The van der Waals surface area contributed by atoms with Crippen LogP contribution < -0.4 is 0 Å². The van der Waals surface area contributed by atoms with E-state index in [9.17, 15) is 4.79 Å². The molecule has 0 aliphatic heterocycles. The lowest BCUT2D eigenvalue weighted by Crippen LogP contribution is -2.02. The van der Waals surface area contributed by atoms with Crippen molar-refractivity contribution in [2.45, 2.75) is 46.5 Å². The van der Waals surface area contributed by atoms with Gasteiger partial charge in [0.25, 0.3) is 0 Å². The number of rotatable bonds is 7. The Balaban J connectivity index is 3.88. The Hall–Kier alpha value is -1.31. The minimum absolute atomic E-state index is 0.305. The van der Waals surface area contributed by atoms with E-state index in [4.69, 9.17) is 0 Å². The van der Waals surface area contributed by atoms with E-state index >= 15 is 0 Å². The molecule has 0 heterocycles. The monoisotopic (exact) mass is 236 g/mol. The first kappa shape index (κ1) is 15.7. The smallest absolute Gasteiger partial charge is 0.333 e. The van der Waals surface area contributed by atoms with Crippen molar-refractivity contribution in [1.82, 2.24) is 0 Å². The van der Waals surface area contributed by atoms with Crippen molar-refractivity contribution in [2.75, 3.05) is 7.11 Å². The first-order chi connectivity index (χ1) is 7.97. The molecule has 0 aliphatic rings. The predicted octanol–water partition coefficient (Wildman–Crippen LogP) is 4.19. The lowest BCUT2D eigenvalue weighted by molar-refractivity contribution is -0.136. The Labute approximate surface area is 105 Å². The zero-order chi connectivity index (χ0) is 13.3. The molecule has 2 nitrogen and oxygen atoms in total. The van der Waals surface area contributed by atoms with Crippen LogP contribution in [0.2, 0.25) is 0 Å². The van der Waals surface area contributed by atoms with Crippen LogP contribution in [0.15, 0.2) is 35.5 Å². The quantitative estimate of drug-likeness (QED) is 0.376. The van der Waals surface area contributed by atoms with Crippen molar-refractivity contribution in [1.29, 1.82) is 0 Å². The zero-order valence-electron chi connectivity index (χ0n) is 11.5. The van der Waals surface area contributed by atoms with Gasteiger partial charge in [-0.25, -0.2) is 4.79 Å². The number of esters is 1. The Morgan fingerprint density at radius 1 is 1.12 bits per heavy atom. The number of hydrogen-bond donors (Lipinski definition) is 0. The molecule has 0 radical (unpaired) electrons. The molecule has 0 N–H and O–H groups in total. The molecule has 0 aromatic rings. The Morgan fingerprint density at radius 3 is 2.24 bits per heavy atom. The number of carbonyl (C=O) groups is 1. The average Bonchev–Trinajstić information content (AvgIpc) is 2.27. The predicted molar refractivity (Wildman–Crippen MR) is 72.8 cm³/mol. The molecule has 0 atom stereocenters. The van der Waals surface area contributed by atoms with Gasteiger partial charge in [-0.05, 0) is 46.5 Å². The maximum Gasteiger partial charge on any atom is 0.333 e. The molecule has 0 aliphatic carbocycles. The molecule has 0 bridgehead atoms. The van der Waals surface area contributed by atoms with Crippen molar-refractivity contribution < 1.29 is 9.53 Å². The third kappa shape index (κ3) is 8.49. The van der Waals surface area contributed by atoms with Crippen LogP contribution in [-0.4, -0.2) is 13.1 Å². The average molecular weight is 236 g/mol. The van der Waals surface area contributed by atoms with Crippen LogP contribution >= 0.6 is 0 Å². The summed E-state index contributed by atoms with van der Waals surface area (Å²) in [7, 11) is 1.38. The number of ether oxygens (including phenoxy) is 1. The molecule has 0 unspecified atom stereocenters. The van der Waals surface area contributed by atoms with Crippen LogP contribution in [0.1, 0.15) is 46.5 Å². The molecular weight excluding hydrogens is 212 g/mol. The van der Waals surface area contributed by atoms with Crippen molar-refractivity contribution in [3.63, 3.8) is 0 Å². The van der Waals surface area contributed by atoms with Gasteiger partial charge in [0.15, 0.2) is 0 Å². The lowest BCUT2D eigenvalue weighted by Gasteiger charge is -2.02. The maximum atomic E-state index is 11.1. The summed E-state index contributed by atoms with van der Waals surface area (Å²) in [5.74, 6) is -0.305. The SMILES string of the molecule is C=C(CC/C=C(/C)CCC=C(C)C)C(=O)OC. The lowest BCUT2D eigenvalue weighted by atomic mass is 10.1. The fourth-order valence-electron chi connectivity index (χ4n) is 1.43. The Bertz CT molecular complexity index is 318. The van der Waals surface area contributed by atoms with E-state index < -0.39 is 0 Å². The summed E-state index contributed by atoms with van der Waals surface area (Å²) in [5, 5.41) is 0. The van der Waals surface area contributed by atoms with E-state index in [1.54, 1.807) is 0 Å². The molecule has 0 spiro atoms. The molecule has 0 amide bonds. The van der Waals surface area contributed by atoms with Gasteiger partial charge in [0, 0.05) is 5.57 Å². The summed E-state index contributed by atoms with van der Waals surface area (Å²) in [6, 6.07) is 0. The molecular formula is C15H24O2. The first-order valence-electron chi connectivity index (χ1n) is 6.02. The number of allylic oxidation sites excluding steroid dienone is 4. The highest BCUT2D eigenvalue weighted by Crippen LogP contribution is 2.11. The highest BCUT2D eigenvalue weighted by molar-refractivity contribution is 5.87. The van der Waals surface area contributed by atoms with Gasteiger partial charge in [-0.1, -0.05) is 29.9 Å². The molecule has 0 rings (SSSR count). The van der Waals surface area contributed by atoms with Crippen molar-refractivity contribution in [3.8, 4) is 0 Å². The van der Waals surface area contributed by atoms with Gasteiger partial charge in [-0.15, -0.1) is 0 Å². The summed E-state index contributed by atoms with van der Waals surface area (Å²) in [4.78, 5) is 11.1. The largest absolute Gasteiger partial charge is 0.466 e. The molecule has 0 saturated heterocycles. The van der Waals surface area contributed by atoms with Crippen LogP contribution in [-0.2, 0) is 9.53 Å². The fraction of sp³-hybridized carbons (Fsp3) is 0.533.